The molecule has 3 heterocycles. The van der Waals surface area contributed by atoms with Gasteiger partial charge in [-0.1, -0.05) is 0 Å². The lowest BCUT2D eigenvalue weighted by Gasteiger charge is -2.33. The Morgan fingerprint density at radius 3 is 2.77 bits per heavy atom. The van der Waals surface area contributed by atoms with Crippen LogP contribution in [0, 0.1) is 5.92 Å². The van der Waals surface area contributed by atoms with Gasteiger partial charge in [0, 0.05) is 44.7 Å². The van der Waals surface area contributed by atoms with Gasteiger partial charge in [0.25, 0.3) is 5.91 Å². The minimum atomic E-state index is -0.228. The number of rotatable bonds is 4. The van der Waals surface area contributed by atoms with Crippen LogP contribution in [0.4, 0.5) is 5.82 Å². The van der Waals surface area contributed by atoms with Crippen molar-refractivity contribution < 1.29 is 9.53 Å². The maximum atomic E-state index is 12.2. The molecular weight excluding hydrogens is 282 g/mol. The molecule has 1 aromatic heterocycles. The summed E-state index contributed by atoms with van der Waals surface area (Å²) in [5.41, 5.74) is 5.90. The van der Waals surface area contributed by atoms with Crippen LogP contribution in [-0.2, 0) is 4.74 Å². The number of nitrogens with zero attached hydrogens (tertiary/aromatic N) is 3. The van der Waals surface area contributed by atoms with E-state index in [4.69, 9.17) is 10.5 Å². The molecule has 1 aromatic rings. The number of carbonyl (C=O) groups excluding carboxylic acids is 1. The summed E-state index contributed by atoms with van der Waals surface area (Å²) in [7, 11) is 0. The second kappa shape index (κ2) is 7.02. The first-order valence-electron chi connectivity index (χ1n) is 7.90. The molecule has 3 rings (SSSR count). The third-order valence-electron chi connectivity index (χ3n) is 4.40. The molecule has 1 amide bonds. The van der Waals surface area contributed by atoms with Crippen LogP contribution in [0.5, 0.6) is 0 Å². The highest BCUT2D eigenvalue weighted by Gasteiger charge is 2.25. The molecule has 120 valence electrons. The van der Waals surface area contributed by atoms with Crippen LogP contribution in [0.25, 0.3) is 0 Å². The number of likely N-dealkylation sites (tertiary alicyclic amines) is 1. The Kier molecular flexibility index (Phi) is 4.84. The second-order valence-electron chi connectivity index (χ2n) is 6.07. The zero-order valence-electron chi connectivity index (χ0n) is 12.7. The summed E-state index contributed by atoms with van der Waals surface area (Å²) in [5, 5.41) is 3.02. The van der Waals surface area contributed by atoms with Crippen molar-refractivity contribution in [1.82, 2.24) is 20.2 Å². The number of nitrogen functional groups attached to an aromatic ring is 1. The smallest absolute Gasteiger partial charge is 0.273 e. The van der Waals surface area contributed by atoms with Crippen LogP contribution in [0.3, 0.4) is 0 Å². The van der Waals surface area contributed by atoms with E-state index in [1.54, 1.807) is 0 Å². The normalized spacial score (nSPS) is 23.5. The Morgan fingerprint density at radius 1 is 1.32 bits per heavy atom. The van der Waals surface area contributed by atoms with Crippen LogP contribution in [-0.4, -0.2) is 59.7 Å². The highest BCUT2D eigenvalue weighted by molar-refractivity contribution is 5.96. The van der Waals surface area contributed by atoms with E-state index in [2.05, 4.69) is 20.2 Å². The van der Waals surface area contributed by atoms with Crippen LogP contribution in [0.2, 0.25) is 0 Å². The topological polar surface area (TPSA) is 93.4 Å². The van der Waals surface area contributed by atoms with Crippen LogP contribution in [0.1, 0.15) is 29.8 Å². The highest BCUT2D eigenvalue weighted by atomic mass is 16.5. The Balaban J connectivity index is 1.45. The van der Waals surface area contributed by atoms with Gasteiger partial charge in [-0.05, 0) is 25.2 Å². The van der Waals surface area contributed by atoms with Crippen molar-refractivity contribution in [3.63, 3.8) is 0 Å². The minimum absolute atomic E-state index is 0.179. The van der Waals surface area contributed by atoms with Crippen molar-refractivity contribution >= 4 is 11.7 Å². The Morgan fingerprint density at radius 2 is 2.09 bits per heavy atom. The number of ether oxygens (including phenoxy) is 1. The summed E-state index contributed by atoms with van der Waals surface area (Å²) >= 11 is 0. The van der Waals surface area contributed by atoms with Crippen molar-refractivity contribution in [3.8, 4) is 0 Å². The average Bonchev–Trinajstić information content (AvgIpc) is 3.02. The quantitative estimate of drug-likeness (QED) is 0.830. The zero-order valence-corrected chi connectivity index (χ0v) is 12.7. The summed E-state index contributed by atoms with van der Waals surface area (Å²) in [6.45, 7) is 4.92. The standard InChI is InChI=1S/C15H23N5O2/c16-14-13(17-4-5-18-14)15(21)19-12-1-6-20(7-2-12)9-11-3-8-22-10-11/h4-5,11-12H,1-3,6-10H2,(H2,16,18)(H,19,21). The van der Waals surface area contributed by atoms with Crippen molar-refractivity contribution in [2.24, 2.45) is 5.92 Å². The van der Waals surface area contributed by atoms with Gasteiger partial charge in [-0.3, -0.25) is 4.79 Å². The first kappa shape index (κ1) is 15.2. The van der Waals surface area contributed by atoms with Gasteiger partial charge in [-0.25, -0.2) is 9.97 Å². The summed E-state index contributed by atoms with van der Waals surface area (Å²) in [5.74, 6) is 0.623. The monoisotopic (exact) mass is 305 g/mol. The molecule has 0 aliphatic carbocycles. The van der Waals surface area contributed by atoms with Gasteiger partial charge in [0.2, 0.25) is 0 Å². The third kappa shape index (κ3) is 3.72. The SMILES string of the molecule is Nc1nccnc1C(=O)NC1CCN(CC2CCOC2)CC1. The molecule has 22 heavy (non-hydrogen) atoms. The second-order valence-corrected chi connectivity index (χ2v) is 6.07. The predicted octanol–water partition coefficient (Wildman–Crippen LogP) is 0.289. The molecular formula is C15H23N5O2. The van der Waals surface area contributed by atoms with E-state index in [0.717, 1.165) is 45.7 Å². The summed E-state index contributed by atoms with van der Waals surface area (Å²) < 4.78 is 5.42. The molecule has 0 aromatic carbocycles. The van der Waals surface area contributed by atoms with Gasteiger partial charge in [-0.2, -0.15) is 0 Å². The lowest BCUT2D eigenvalue weighted by molar-refractivity contribution is 0.0899. The fourth-order valence-electron chi connectivity index (χ4n) is 3.13. The first-order chi connectivity index (χ1) is 10.7. The molecule has 3 N–H and O–H groups in total. The molecule has 7 heteroatoms. The van der Waals surface area contributed by atoms with E-state index in [9.17, 15) is 4.79 Å². The van der Waals surface area contributed by atoms with E-state index in [1.165, 1.54) is 18.8 Å². The number of nitrogens with two attached hydrogens (primary N) is 1. The minimum Gasteiger partial charge on any atom is -0.382 e. The van der Waals surface area contributed by atoms with E-state index in [-0.39, 0.29) is 23.5 Å². The molecule has 1 atom stereocenters. The molecule has 2 saturated heterocycles. The molecule has 2 aliphatic heterocycles. The van der Waals surface area contributed by atoms with Gasteiger partial charge < -0.3 is 20.7 Å². The van der Waals surface area contributed by atoms with Crippen molar-refractivity contribution in [1.29, 1.82) is 0 Å². The van der Waals surface area contributed by atoms with Gasteiger partial charge in [0.15, 0.2) is 11.5 Å². The van der Waals surface area contributed by atoms with Crippen molar-refractivity contribution in [3.05, 3.63) is 18.1 Å². The number of carbonyl (C=O) groups is 1. The van der Waals surface area contributed by atoms with Crippen molar-refractivity contribution in [2.45, 2.75) is 25.3 Å². The number of amides is 1. The largest absolute Gasteiger partial charge is 0.382 e. The van der Waals surface area contributed by atoms with E-state index >= 15 is 0 Å². The maximum Gasteiger partial charge on any atom is 0.273 e. The summed E-state index contributed by atoms with van der Waals surface area (Å²) in [6, 6.07) is 0.185. The molecule has 0 radical (unpaired) electrons. The number of hydrogen-bond acceptors (Lipinski definition) is 6. The third-order valence-corrected chi connectivity index (χ3v) is 4.40. The number of nitrogens with one attached hydrogen (secondary N) is 1. The van der Waals surface area contributed by atoms with Crippen LogP contribution >= 0.6 is 0 Å². The summed E-state index contributed by atoms with van der Waals surface area (Å²) in [6.07, 6.45) is 6.05. The number of hydrogen-bond donors (Lipinski definition) is 2. The molecule has 0 spiro atoms. The number of piperidine rings is 1. The fraction of sp³-hybridized carbons (Fsp3) is 0.667. The predicted molar refractivity (Wildman–Crippen MR) is 82.3 cm³/mol. The lowest BCUT2D eigenvalue weighted by atomic mass is 10.0. The van der Waals surface area contributed by atoms with Crippen LogP contribution < -0.4 is 11.1 Å². The van der Waals surface area contributed by atoms with Crippen LogP contribution in [0.15, 0.2) is 12.4 Å². The van der Waals surface area contributed by atoms with Gasteiger partial charge in [-0.15, -0.1) is 0 Å². The fourth-order valence-corrected chi connectivity index (χ4v) is 3.13. The van der Waals surface area contributed by atoms with E-state index in [1.807, 2.05) is 0 Å². The highest BCUT2D eigenvalue weighted by Crippen LogP contribution is 2.18. The first-order valence-corrected chi connectivity index (χ1v) is 7.90. The molecule has 2 aliphatic rings. The molecule has 0 saturated carbocycles. The number of anilines is 1. The van der Waals surface area contributed by atoms with E-state index < -0.39 is 0 Å². The number of aromatic nitrogens is 2. The summed E-state index contributed by atoms with van der Waals surface area (Å²) in [4.78, 5) is 22.5. The molecule has 2 fully saturated rings. The zero-order chi connectivity index (χ0) is 15.4. The van der Waals surface area contributed by atoms with Gasteiger partial charge in [0.05, 0.1) is 6.61 Å². The Labute approximate surface area is 130 Å². The molecule has 0 bridgehead atoms. The maximum absolute atomic E-state index is 12.2. The van der Waals surface area contributed by atoms with Gasteiger partial charge >= 0.3 is 0 Å². The Hall–Kier alpha value is -1.73. The van der Waals surface area contributed by atoms with Crippen molar-refractivity contribution in [2.75, 3.05) is 38.6 Å². The lowest BCUT2D eigenvalue weighted by Crippen LogP contribution is -2.46. The van der Waals surface area contributed by atoms with E-state index in [0.29, 0.717) is 5.92 Å². The van der Waals surface area contributed by atoms with Gasteiger partial charge in [0.1, 0.15) is 0 Å². The Bertz CT molecular complexity index is 510. The average molecular weight is 305 g/mol. The molecule has 7 nitrogen and oxygen atoms in total. The molecule has 1 unspecified atom stereocenters.